The van der Waals surface area contributed by atoms with Crippen molar-refractivity contribution in [2.45, 2.75) is 69.4 Å². The molecular formula is C28H29F4N3O6S. The molecule has 0 bridgehead atoms. The van der Waals surface area contributed by atoms with Gasteiger partial charge in [0, 0.05) is 47.7 Å². The third-order valence-corrected chi connectivity index (χ3v) is 8.38. The number of rotatable bonds is 8. The Kier molecular flexibility index (Phi) is 7.94. The van der Waals surface area contributed by atoms with Gasteiger partial charge >= 0.3 is 6.36 Å². The van der Waals surface area contributed by atoms with Crippen LogP contribution in [-0.2, 0) is 19.6 Å². The van der Waals surface area contributed by atoms with Gasteiger partial charge in [0.1, 0.15) is 11.6 Å². The second-order valence-electron chi connectivity index (χ2n) is 10.9. The molecule has 14 heteroatoms. The number of amides is 3. The third kappa shape index (κ3) is 6.53. The number of halogens is 4. The van der Waals surface area contributed by atoms with Crippen LogP contribution in [0.3, 0.4) is 0 Å². The van der Waals surface area contributed by atoms with Crippen molar-refractivity contribution < 1.29 is 45.1 Å². The van der Waals surface area contributed by atoms with Crippen LogP contribution in [0, 0.1) is 11.7 Å². The lowest BCUT2D eigenvalue weighted by Gasteiger charge is -2.48. The Morgan fingerprint density at radius 3 is 2.33 bits per heavy atom. The van der Waals surface area contributed by atoms with Gasteiger partial charge in [0.15, 0.2) is 0 Å². The molecule has 3 amide bonds. The largest absolute Gasteiger partial charge is 0.573 e. The number of anilines is 1. The molecular weight excluding hydrogens is 582 g/mol. The molecule has 0 unspecified atom stereocenters. The van der Waals surface area contributed by atoms with Gasteiger partial charge in [0.05, 0.1) is 12.3 Å². The summed E-state index contributed by atoms with van der Waals surface area (Å²) in [4.78, 5) is 42.7. The predicted molar refractivity (Wildman–Crippen MR) is 142 cm³/mol. The van der Waals surface area contributed by atoms with E-state index in [-0.39, 0.29) is 42.3 Å². The molecule has 2 aromatic rings. The fourth-order valence-electron chi connectivity index (χ4n) is 6.15. The molecule has 226 valence electrons. The second-order valence-corrected chi connectivity index (χ2v) is 12.6. The number of ether oxygens (including phenoxy) is 1. The van der Waals surface area contributed by atoms with Crippen molar-refractivity contribution in [3.8, 4) is 5.75 Å². The maximum Gasteiger partial charge on any atom is 0.573 e. The molecule has 3 atom stereocenters. The van der Waals surface area contributed by atoms with Crippen LogP contribution < -0.4 is 14.4 Å². The summed E-state index contributed by atoms with van der Waals surface area (Å²) in [5, 5.41) is 0. The molecule has 3 aliphatic rings. The zero-order chi connectivity index (χ0) is 30.4. The summed E-state index contributed by atoms with van der Waals surface area (Å²) in [6, 6.07) is 7.49. The fraction of sp³-hybridized carbons (Fsp3) is 0.464. The fourth-order valence-corrected chi connectivity index (χ4v) is 6.66. The SMILES string of the molecule is CS(=O)(=O)NC(=O)CCC(=O)N(C1CC1)[C@H]1c2cc(F)ccc2N(C(=O)c2ccc(OC(F)(F)F)cc2)[C@H]2CCC[C@@H]21. The molecule has 1 aliphatic heterocycles. The molecule has 2 fully saturated rings. The molecule has 9 nitrogen and oxygen atoms in total. The standard InChI is InChI=1S/C28H29F4N3O6S/c1-42(39,40)33-24(36)13-14-25(37)34(18-8-9-18)26-20-3-2-4-22(20)35(23-12-7-17(29)15-21(23)26)27(38)16-5-10-19(11-6-16)41-28(30,31)32/h5-7,10-12,15,18,20,22,26H,2-4,8-9,13-14H2,1H3,(H,33,36)/t20-,22-,26+/m0/s1. The van der Waals surface area contributed by atoms with Crippen molar-refractivity contribution in [1.29, 1.82) is 0 Å². The number of fused-ring (bicyclic) bond motifs is 2. The first kappa shape index (κ1) is 29.8. The molecule has 1 N–H and O–H groups in total. The van der Waals surface area contributed by atoms with Crippen LogP contribution in [0.2, 0.25) is 0 Å². The molecule has 42 heavy (non-hydrogen) atoms. The summed E-state index contributed by atoms with van der Waals surface area (Å²) in [5.74, 6) is -2.94. The molecule has 5 rings (SSSR count). The van der Waals surface area contributed by atoms with Gasteiger partial charge in [0.25, 0.3) is 5.91 Å². The molecule has 2 saturated carbocycles. The summed E-state index contributed by atoms with van der Waals surface area (Å²) in [7, 11) is -3.78. The van der Waals surface area contributed by atoms with Crippen LogP contribution in [0.15, 0.2) is 42.5 Å². The quantitative estimate of drug-likeness (QED) is 0.442. The maximum absolute atomic E-state index is 14.7. The lowest BCUT2D eigenvalue weighted by atomic mass is 9.81. The van der Waals surface area contributed by atoms with Crippen LogP contribution in [0.25, 0.3) is 0 Å². The molecule has 0 aromatic heterocycles. The van der Waals surface area contributed by atoms with E-state index >= 15 is 0 Å². The van der Waals surface area contributed by atoms with E-state index in [1.165, 1.54) is 30.3 Å². The van der Waals surface area contributed by atoms with Crippen molar-refractivity contribution >= 4 is 33.4 Å². The first-order valence-electron chi connectivity index (χ1n) is 13.5. The third-order valence-electron chi connectivity index (χ3n) is 7.78. The number of benzene rings is 2. The summed E-state index contributed by atoms with van der Waals surface area (Å²) in [6.45, 7) is 0. The Bertz CT molecular complexity index is 1490. The van der Waals surface area contributed by atoms with Crippen molar-refractivity contribution in [3.05, 3.63) is 59.4 Å². The van der Waals surface area contributed by atoms with E-state index in [0.29, 0.717) is 24.1 Å². The summed E-state index contributed by atoms with van der Waals surface area (Å²) < 4.78 is 81.1. The number of nitrogens with one attached hydrogen (secondary N) is 1. The first-order chi connectivity index (χ1) is 19.7. The number of hydrogen-bond acceptors (Lipinski definition) is 6. The number of carbonyl (C=O) groups is 3. The zero-order valence-electron chi connectivity index (χ0n) is 22.6. The Morgan fingerprint density at radius 2 is 1.71 bits per heavy atom. The number of alkyl halides is 3. The van der Waals surface area contributed by atoms with Crippen molar-refractivity contribution in [3.63, 3.8) is 0 Å². The van der Waals surface area contributed by atoms with Gasteiger partial charge in [0.2, 0.25) is 21.8 Å². The molecule has 0 radical (unpaired) electrons. The summed E-state index contributed by atoms with van der Waals surface area (Å²) in [5.41, 5.74) is 0.957. The van der Waals surface area contributed by atoms with E-state index in [0.717, 1.165) is 37.7 Å². The van der Waals surface area contributed by atoms with Crippen molar-refractivity contribution in [1.82, 2.24) is 9.62 Å². The van der Waals surface area contributed by atoms with Crippen LogP contribution in [0.4, 0.5) is 23.2 Å². The highest BCUT2D eigenvalue weighted by atomic mass is 32.2. The minimum atomic E-state index is -4.88. The van der Waals surface area contributed by atoms with E-state index in [2.05, 4.69) is 4.74 Å². The Balaban J connectivity index is 1.47. The summed E-state index contributed by atoms with van der Waals surface area (Å²) >= 11 is 0. The minimum absolute atomic E-state index is 0.121. The lowest BCUT2D eigenvalue weighted by molar-refractivity contribution is -0.274. The Hall–Kier alpha value is -3.68. The molecule has 2 aliphatic carbocycles. The van der Waals surface area contributed by atoms with Gasteiger partial charge in [-0.2, -0.15) is 0 Å². The van der Waals surface area contributed by atoms with Crippen LogP contribution in [0.5, 0.6) is 5.75 Å². The van der Waals surface area contributed by atoms with Crippen LogP contribution >= 0.6 is 0 Å². The molecule has 1 heterocycles. The number of sulfonamides is 1. The van der Waals surface area contributed by atoms with Gasteiger partial charge in [-0.05, 0) is 68.1 Å². The van der Waals surface area contributed by atoms with Gasteiger partial charge in [-0.3, -0.25) is 19.1 Å². The topological polar surface area (TPSA) is 113 Å². The van der Waals surface area contributed by atoms with E-state index in [4.69, 9.17) is 0 Å². The van der Waals surface area contributed by atoms with E-state index in [9.17, 15) is 40.4 Å². The monoisotopic (exact) mass is 611 g/mol. The smallest absolute Gasteiger partial charge is 0.406 e. The summed E-state index contributed by atoms with van der Waals surface area (Å²) in [6.07, 6.45) is -1.22. The highest BCUT2D eigenvalue weighted by Crippen LogP contribution is 2.53. The van der Waals surface area contributed by atoms with Crippen LogP contribution in [0.1, 0.15) is 66.9 Å². The Morgan fingerprint density at radius 1 is 1.02 bits per heavy atom. The predicted octanol–water partition coefficient (Wildman–Crippen LogP) is 4.44. The highest BCUT2D eigenvalue weighted by molar-refractivity contribution is 7.89. The number of nitrogens with zero attached hydrogens (tertiary/aromatic N) is 2. The van der Waals surface area contributed by atoms with Gasteiger partial charge in [-0.25, -0.2) is 12.8 Å². The number of carbonyl (C=O) groups excluding carboxylic acids is 3. The van der Waals surface area contributed by atoms with Gasteiger partial charge in [-0.15, -0.1) is 13.2 Å². The average molecular weight is 612 g/mol. The van der Waals surface area contributed by atoms with Crippen LogP contribution in [-0.4, -0.2) is 55.7 Å². The molecule has 0 saturated heterocycles. The van der Waals surface area contributed by atoms with E-state index in [1.54, 1.807) is 9.80 Å². The van der Waals surface area contributed by atoms with E-state index in [1.807, 2.05) is 4.72 Å². The maximum atomic E-state index is 14.7. The zero-order valence-corrected chi connectivity index (χ0v) is 23.4. The first-order valence-corrected chi connectivity index (χ1v) is 15.4. The van der Waals surface area contributed by atoms with E-state index < -0.39 is 45.8 Å². The molecule has 0 spiro atoms. The van der Waals surface area contributed by atoms with Crippen molar-refractivity contribution in [2.75, 3.05) is 11.2 Å². The normalized spacial score (nSPS) is 21.7. The van der Waals surface area contributed by atoms with Gasteiger partial charge in [-0.1, -0.05) is 6.42 Å². The Labute approximate surface area is 239 Å². The second kappa shape index (κ2) is 11.2. The number of hydrogen-bond donors (Lipinski definition) is 1. The van der Waals surface area contributed by atoms with Crippen molar-refractivity contribution in [2.24, 2.45) is 5.92 Å². The van der Waals surface area contributed by atoms with Gasteiger partial charge < -0.3 is 14.5 Å². The lowest BCUT2D eigenvalue weighted by Crippen LogP contribution is -2.53. The average Bonchev–Trinajstić information content (AvgIpc) is 3.61. The molecule has 2 aromatic carbocycles. The minimum Gasteiger partial charge on any atom is -0.406 e. The highest BCUT2D eigenvalue weighted by Gasteiger charge is 2.51.